The first-order chi connectivity index (χ1) is 9.36. The molecule has 0 heterocycles. The highest BCUT2D eigenvalue weighted by Gasteiger charge is 2.28. The number of rotatable bonds is 7. The van der Waals surface area contributed by atoms with Crippen LogP contribution in [0.5, 0.6) is 0 Å². The molecule has 1 aromatic rings. The molecular weight excluding hydrogens is 254 g/mol. The molecule has 106 valence electrons. The Morgan fingerprint density at radius 2 is 2.21 bits per heavy atom. The van der Waals surface area contributed by atoms with Gasteiger partial charge in [-0.15, -0.1) is 0 Å². The maximum absolute atomic E-state index is 5.13. The lowest BCUT2D eigenvalue weighted by Gasteiger charge is -2.34. The van der Waals surface area contributed by atoms with Gasteiger partial charge in [0.05, 0.1) is 0 Å². The Kier molecular flexibility index (Phi) is 6.21. The van der Waals surface area contributed by atoms with Crippen LogP contribution in [0.25, 0.3) is 0 Å². The molecule has 0 amide bonds. The van der Waals surface area contributed by atoms with Crippen molar-refractivity contribution in [1.82, 2.24) is 5.32 Å². The Balaban J connectivity index is 2.00. The number of hydrogen-bond donors (Lipinski definition) is 1. The Morgan fingerprint density at radius 1 is 1.37 bits per heavy atom. The van der Waals surface area contributed by atoms with Crippen LogP contribution >= 0.6 is 11.8 Å². The van der Waals surface area contributed by atoms with Crippen molar-refractivity contribution in [1.29, 1.82) is 0 Å². The first-order valence-electron chi connectivity index (χ1n) is 7.28. The number of hydrogen-bond acceptors (Lipinski definition) is 3. The zero-order valence-electron chi connectivity index (χ0n) is 12.0. The van der Waals surface area contributed by atoms with E-state index in [1.807, 2.05) is 0 Å². The van der Waals surface area contributed by atoms with Gasteiger partial charge >= 0.3 is 0 Å². The van der Waals surface area contributed by atoms with Crippen molar-refractivity contribution >= 4 is 11.8 Å². The fourth-order valence-corrected chi connectivity index (χ4v) is 4.12. The maximum Gasteiger partial charge on any atom is 0.0470 e. The summed E-state index contributed by atoms with van der Waals surface area (Å²) in [7, 11) is 1.78. The predicted molar refractivity (Wildman–Crippen MR) is 83.9 cm³/mol. The maximum atomic E-state index is 5.13. The Bertz CT molecular complexity index is 383. The van der Waals surface area contributed by atoms with Gasteiger partial charge < -0.3 is 10.1 Å². The number of methoxy groups -OCH3 is 1. The van der Waals surface area contributed by atoms with Crippen molar-refractivity contribution in [2.45, 2.75) is 37.5 Å². The fourth-order valence-electron chi connectivity index (χ4n) is 2.81. The largest absolute Gasteiger partial charge is 0.385 e. The molecule has 0 aromatic heterocycles. The van der Waals surface area contributed by atoms with Crippen molar-refractivity contribution in [2.75, 3.05) is 26.0 Å². The molecule has 1 aliphatic rings. The smallest absolute Gasteiger partial charge is 0.0470 e. The molecular formula is C16H25NOS. The molecule has 1 aliphatic carbocycles. The standard InChI is InChI=1S/C16H25NOS/c1-3-17-16-14-8-5-4-7-13(14)9-10-15(16)19-12-6-11-18-2/h4-5,7-8,15-17H,3,6,9-12H2,1-2H3. The van der Waals surface area contributed by atoms with E-state index < -0.39 is 0 Å². The SMILES string of the molecule is CCNC1c2ccccc2CCC1SCCCOC. The van der Waals surface area contributed by atoms with Crippen molar-refractivity contribution < 1.29 is 4.74 Å². The Hall–Kier alpha value is -0.510. The van der Waals surface area contributed by atoms with Crippen LogP contribution in [0, 0.1) is 0 Å². The molecule has 2 atom stereocenters. The van der Waals surface area contributed by atoms with Gasteiger partial charge in [-0.05, 0) is 42.7 Å². The second kappa shape index (κ2) is 7.93. The van der Waals surface area contributed by atoms with Crippen molar-refractivity contribution in [3.8, 4) is 0 Å². The fraction of sp³-hybridized carbons (Fsp3) is 0.625. The summed E-state index contributed by atoms with van der Waals surface area (Å²) in [5, 5.41) is 4.38. The summed E-state index contributed by atoms with van der Waals surface area (Å²) < 4.78 is 5.13. The number of nitrogens with one attached hydrogen (secondary N) is 1. The average Bonchev–Trinajstić information content (AvgIpc) is 2.45. The topological polar surface area (TPSA) is 21.3 Å². The molecule has 0 radical (unpaired) electrons. The van der Waals surface area contributed by atoms with Crippen LogP contribution < -0.4 is 5.32 Å². The number of fused-ring (bicyclic) bond motifs is 1. The molecule has 1 N–H and O–H groups in total. The van der Waals surface area contributed by atoms with Gasteiger partial charge in [-0.25, -0.2) is 0 Å². The lowest BCUT2D eigenvalue weighted by atomic mass is 9.87. The van der Waals surface area contributed by atoms with Crippen LogP contribution in [-0.4, -0.2) is 31.3 Å². The van der Waals surface area contributed by atoms with Crippen molar-refractivity contribution in [2.24, 2.45) is 0 Å². The molecule has 1 aromatic carbocycles. The van der Waals surface area contributed by atoms with Crippen LogP contribution in [-0.2, 0) is 11.2 Å². The zero-order chi connectivity index (χ0) is 13.5. The molecule has 0 bridgehead atoms. The molecule has 0 spiro atoms. The quantitative estimate of drug-likeness (QED) is 0.773. The molecule has 19 heavy (non-hydrogen) atoms. The van der Waals surface area contributed by atoms with Crippen LogP contribution in [0.1, 0.15) is 36.9 Å². The first kappa shape index (κ1) is 14.9. The summed E-state index contributed by atoms with van der Waals surface area (Å²) in [6.45, 7) is 4.11. The van der Waals surface area contributed by atoms with Gasteiger partial charge in [-0.2, -0.15) is 11.8 Å². The van der Waals surface area contributed by atoms with E-state index in [2.05, 4.69) is 48.3 Å². The summed E-state index contributed by atoms with van der Waals surface area (Å²) in [5.41, 5.74) is 3.04. The predicted octanol–water partition coefficient (Wildman–Crippen LogP) is 3.42. The number of thioether (sulfide) groups is 1. The van der Waals surface area contributed by atoms with Crippen molar-refractivity contribution in [3.05, 3.63) is 35.4 Å². The molecule has 0 saturated heterocycles. The second-order valence-electron chi connectivity index (χ2n) is 5.03. The van der Waals surface area contributed by atoms with E-state index in [1.165, 1.54) is 29.7 Å². The highest BCUT2D eigenvalue weighted by molar-refractivity contribution is 7.99. The molecule has 0 aliphatic heterocycles. The molecule has 3 heteroatoms. The van der Waals surface area contributed by atoms with Gasteiger partial charge in [0.15, 0.2) is 0 Å². The summed E-state index contributed by atoms with van der Waals surface area (Å²) >= 11 is 2.11. The van der Waals surface area contributed by atoms with Crippen LogP contribution in [0.3, 0.4) is 0 Å². The molecule has 2 rings (SSSR count). The lowest BCUT2D eigenvalue weighted by molar-refractivity contribution is 0.200. The van der Waals surface area contributed by atoms with E-state index >= 15 is 0 Å². The van der Waals surface area contributed by atoms with E-state index in [0.717, 1.165) is 19.6 Å². The lowest BCUT2D eigenvalue weighted by Crippen LogP contribution is -2.34. The molecule has 0 fully saturated rings. The molecule has 2 unspecified atom stereocenters. The minimum Gasteiger partial charge on any atom is -0.385 e. The van der Waals surface area contributed by atoms with Crippen LogP contribution in [0.15, 0.2) is 24.3 Å². The van der Waals surface area contributed by atoms with E-state index in [4.69, 9.17) is 4.74 Å². The minimum absolute atomic E-state index is 0.516. The Labute approximate surface area is 121 Å². The van der Waals surface area contributed by atoms with E-state index in [1.54, 1.807) is 7.11 Å². The van der Waals surface area contributed by atoms with Gasteiger partial charge in [0.25, 0.3) is 0 Å². The van der Waals surface area contributed by atoms with Crippen LogP contribution in [0.4, 0.5) is 0 Å². The summed E-state index contributed by atoms with van der Waals surface area (Å²) in [6.07, 6.45) is 3.66. The third-order valence-corrected chi connectivity index (χ3v) is 5.17. The number of aryl methyl sites for hydroxylation is 1. The minimum atomic E-state index is 0.516. The van der Waals surface area contributed by atoms with E-state index in [9.17, 15) is 0 Å². The highest BCUT2D eigenvalue weighted by atomic mass is 32.2. The van der Waals surface area contributed by atoms with Gasteiger partial charge in [-0.1, -0.05) is 31.2 Å². The average molecular weight is 279 g/mol. The zero-order valence-corrected chi connectivity index (χ0v) is 12.8. The van der Waals surface area contributed by atoms with E-state index in [-0.39, 0.29) is 0 Å². The second-order valence-corrected chi connectivity index (χ2v) is 6.38. The Morgan fingerprint density at radius 3 is 3.00 bits per heavy atom. The monoisotopic (exact) mass is 279 g/mol. The third-order valence-electron chi connectivity index (χ3n) is 3.71. The normalized spacial score (nSPS) is 22.2. The number of ether oxygens (including phenoxy) is 1. The summed E-state index contributed by atoms with van der Waals surface area (Å²) in [5.74, 6) is 1.20. The summed E-state index contributed by atoms with van der Waals surface area (Å²) in [4.78, 5) is 0. The summed E-state index contributed by atoms with van der Waals surface area (Å²) in [6, 6.07) is 9.42. The number of benzene rings is 1. The van der Waals surface area contributed by atoms with Gasteiger partial charge in [0.1, 0.15) is 0 Å². The van der Waals surface area contributed by atoms with Gasteiger partial charge in [-0.3, -0.25) is 0 Å². The third kappa shape index (κ3) is 3.98. The highest BCUT2D eigenvalue weighted by Crippen LogP contribution is 2.37. The van der Waals surface area contributed by atoms with E-state index in [0.29, 0.717) is 11.3 Å². The van der Waals surface area contributed by atoms with Gasteiger partial charge in [0, 0.05) is 25.0 Å². The van der Waals surface area contributed by atoms with Crippen molar-refractivity contribution in [3.63, 3.8) is 0 Å². The van der Waals surface area contributed by atoms with Crippen LogP contribution in [0.2, 0.25) is 0 Å². The van der Waals surface area contributed by atoms with Gasteiger partial charge in [0.2, 0.25) is 0 Å². The first-order valence-corrected chi connectivity index (χ1v) is 8.33. The molecule has 0 saturated carbocycles. The molecule has 2 nitrogen and oxygen atoms in total.